The molecule has 0 saturated heterocycles. The van der Waals surface area contributed by atoms with Gasteiger partial charge in [0.15, 0.2) is 0 Å². The monoisotopic (exact) mass is 383 g/mol. The van der Waals surface area contributed by atoms with E-state index in [4.69, 9.17) is 5.73 Å². The van der Waals surface area contributed by atoms with Gasteiger partial charge in [-0.05, 0) is 35.7 Å². The van der Waals surface area contributed by atoms with Gasteiger partial charge in [0.05, 0.1) is 18.2 Å². The Hall–Kier alpha value is -3.26. The van der Waals surface area contributed by atoms with Crippen LogP contribution in [0.1, 0.15) is 29.8 Å². The summed E-state index contributed by atoms with van der Waals surface area (Å²) in [5, 5.41) is 8.01. The van der Waals surface area contributed by atoms with Crippen LogP contribution in [0.3, 0.4) is 0 Å². The summed E-state index contributed by atoms with van der Waals surface area (Å²) in [6.07, 6.45) is 3.09. The van der Waals surface area contributed by atoms with Gasteiger partial charge in [-0.2, -0.15) is 0 Å². The lowest BCUT2D eigenvalue weighted by molar-refractivity contribution is -0.127. The van der Waals surface area contributed by atoms with E-state index in [2.05, 4.69) is 20.9 Å². The van der Waals surface area contributed by atoms with E-state index >= 15 is 0 Å². The van der Waals surface area contributed by atoms with Gasteiger partial charge >= 0.3 is 0 Å². The molecule has 2 aromatic rings. The number of carbonyl (C=O) groups excluding carboxylic acids is 3. The van der Waals surface area contributed by atoms with Crippen LogP contribution in [-0.2, 0) is 16.1 Å². The van der Waals surface area contributed by atoms with E-state index in [1.54, 1.807) is 42.6 Å². The molecular formula is C20H25N5O3. The summed E-state index contributed by atoms with van der Waals surface area (Å²) in [6, 6.07) is 9.83. The lowest BCUT2D eigenvalue weighted by Crippen LogP contribution is -2.47. The number of pyridine rings is 1. The molecule has 0 unspecified atom stereocenters. The van der Waals surface area contributed by atoms with Crippen molar-refractivity contribution in [1.29, 1.82) is 0 Å². The predicted octanol–water partition coefficient (Wildman–Crippen LogP) is 1.05. The first kappa shape index (κ1) is 21.0. The van der Waals surface area contributed by atoms with E-state index in [0.29, 0.717) is 17.8 Å². The highest BCUT2D eigenvalue weighted by molar-refractivity contribution is 6.04. The van der Waals surface area contributed by atoms with Gasteiger partial charge in [-0.3, -0.25) is 19.4 Å². The Kier molecular flexibility index (Phi) is 7.65. The van der Waals surface area contributed by atoms with Crippen molar-refractivity contribution >= 4 is 23.4 Å². The van der Waals surface area contributed by atoms with Crippen LogP contribution in [0.15, 0.2) is 48.8 Å². The fraction of sp³-hybridized carbons (Fsp3) is 0.300. The minimum absolute atomic E-state index is 0.000204. The van der Waals surface area contributed by atoms with Gasteiger partial charge in [0.1, 0.15) is 0 Å². The molecule has 3 amide bonds. The van der Waals surface area contributed by atoms with Gasteiger partial charge < -0.3 is 21.7 Å². The van der Waals surface area contributed by atoms with Crippen LogP contribution in [0.5, 0.6) is 0 Å². The summed E-state index contributed by atoms with van der Waals surface area (Å²) in [5.74, 6) is -0.901. The van der Waals surface area contributed by atoms with Crippen LogP contribution in [-0.4, -0.2) is 35.3 Å². The number of rotatable bonds is 8. The first-order valence-corrected chi connectivity index (χ1v) is 8.97. The minimum atomic E-state index is -0.637. The number of nitrogens with two attached hydrogens (primary N) is 1. The largest absolute Gasteiger partial charge is 0.350 e. The van der Waals surface area contributed by atoms with Crippen molar-refractivity contribution in [2.24, 2.45) is 11.7 Å². The SMILES string of the molecule is CC(C)[C@H](N)C(=O)NCC(=O)NCc1ccc(NC(=O)c2cccnc2)cc1. The van der Waals surface area contributed by atoms with Crippen LogP contribution < -0.4 is 21.7 Å². The zero-order valence-corrected chi connectivity index (χ0v) is 15.9. The third kappa shape index (κ3) is 6.48. The second-order valence-electron chi connectivity index (χ2n) is 6.66. The Balaban J connectivity index is 1.77. The second-order valence-corrected chi connectivity index (χ2v) is 6.66. The summed E-state index contributed by atoms with van der Waals surface area (Å²) in [7, 11) is 0. The van der Waals surface area contributed by atoms with Gasteiger partial charge in [-0.15, -0.1) is 0 Å². The molecule has 0 radical (unpaired) electrons. The first-order valence-electron chi connectivity index (χ1n) is 8.97. The number of nitrogens with zero attached hydrogens (tertiary/aromatic N) is 1. The van der Waals surface area contributed by atoms with Crippen LogP contribution in [0, 0.1) is 5.92 Å². The smallest absolute Gasteiger partial charge is 0.257 e. The molecule has 0 saturated carbocycles. The van der Waals surface area contributed by atoms with Crippen molar-refractivity contribution in [3.63, 3.8) is 0 Å². The quantitative estimate of drug-likeness (QED) is 0.542. The third-order valence-electron chi connectivity index (χ3n) is 4.07. The predicted molar refractivity (Wildman–Crippen MR) is 106 cm³/mol. The average molecular weight is 383 g/mol. The highest BCUT2D eigenvalue weighted by Gasteiger charge is 2.17. The van der Waals surface area contributed by atoms with Crippen molar-refractivity contribution in [3.8, 4) is 0 Å². The number of hydrogen-bond donors (Lipinski definition) is 4. The van der Waals surface area contributed by atoms with Crippen molar-refractivity contribution in [3.05, 3.63) is 59.9 Å². The molecule has 5 N–H and O–H groups in total. The lowest BCUT2D eigenvalue weighted by atomic mass is 10.1. The van der Waals surface area contributed by atoms with Crippen molar-refractivity contribution in [2.45, 2.75) is 26.4 Å². The van der Waals surface area contributed by atoms with E-state index in [9.17, 15) is 14.4 Å². The minimum Gasteiger partial charge on any atom is -0.350 e. The van der Waals surface area contributed by atoms with E-state index in [-0.39, 0.29) is 30.2 Å². The fourth-order valence-electron chi connectivity index (χ4n) is 2.26. The molecule has 1 aromatic carbocycles. The van der Waals surface area contributed by atoms with Gasteiger partial charge in [0, 0.05) is 24.6 Å². The van der Waals surface area contributed by atoms with Crippen LogP contribution in [0.4, 0.5) is 5.69 Å². The van der Waals surface area contributed by atoms with Gasteiger partial charge in [0.2, 0.25) is 11.8 Å². The molecule has 8 nitrogen and oxygen atoms in total. The molecule has 0 spiro atoms. The van der Waals surface area contributed by atoms with Crippen molar-refractivity contribution in [1.82, 2.24) is 15.6 Å². The number of amides is 3. The van der Waals surface area contributed by atoms with E-state index in [1.165, 1.54) is 6.20 Å². The number of hydrogen-bond acceptors (Lipinski definition) is 5. The Bertz CT molecular complexity index is 806. The molecule has 0 bridgehead atoms. The van der Waals surface area contributed by atoms with Crippen molar-refractivity contribution in [2.75, 3.05) is 11.9 Å². The van der Waals surface area contributed by atoms with Gasteiger partial charge in [-0.1, -0.05) is 26.0 Å². The Morgan fingerprint density at radius 3 is 2.39 bits per heavy atom. The normalized spacial score (nSPS) is 11.6. The number of aromatic nitrogens is 1. The maximum absolute atomic E-state index is 12.1. The van der Waals surface area contributed by atoms with Crippen LogP contribution in [0.25, 0.3) is 0 Å². The summed E-state index contributed by atoms with van der Waals surface area (Å²) < 4.78 is 0. The maximum Gasteiger partial charge on any atom is 0.257 e. The van der Waals surface area contributed by atoms with Gasteiger partial charge in [0.25, 0.3) is 5.91 Å². The highest BCUT2D eigenvalue weighted by atomic mass is 16.2. The molecule has 0 fully saturated rings. The molecule has 1 aromatic heterocycles. The highest BCUT2D eigenvalue weighted by Crippen LogP contribution is 2.11. The molecule has 0 aliphatic rings. The molecule has 0 aliphatic carbocycles. The lowest BCUT2D eigenvalue weighted by Gasteiger charge is -2.15. The van der Waals surface area contributed by atoms with E-state index < -0.39 is 6.04 Å². The molecule has 28 heavy (non-hydrogen) atoms. The zero-order chi connectivity index (χ0) is 20.5. The topological polar surface area (TPSA) is 126 Å². The molecule has 2 rings (SSSR count). The molecule has 0 aliphatic heterocycles. The molecule has 1 heterocycles. The Morgan fingerprint density at radius 1 is 1.07 bits per heavy atom. The molecule has 1 atom stereocenters. The molecule has 148 valence electrons. The molecule has 8 heteroatoms. The summed E-state index contributed by atoms with van der Waals surface area (Å²) >= 11 is 0. The number of benzene rings is 1. The summed E-state index contributed by atoms with van der Waals surface area (Å²) in [6.45, 7) is 3.86. The molecular weight excluding hydrogens is 358 g/mol. The Labute approximate surface area is 163 Å². The summed E-state index contributed by atoms with van der Waals surface area (Å²) in [4.78, 5) is 39.6. The number of carbonyl (C=O) groups is 3. The standard InChI is InChI=1S/C20H25N5O3/c1-13(2)18(21)20(28)24-12-17(26)23-10-14-5-7-16(8-6-14)25-19(27)15-4-3-9-22-11-15/h3-9,11,13,18H,10,12,21H2,1-2H3,(H,23,26)(H,24,28)(H,25,27)/t18-/m0/s1. The van der Waals surface area contributed by atoms with Crippen LogP contribution in [0.2, 0.25) is 0 Å². The zero-order valence-electron chi connectivity index (χ0n) is 15.9. The van der Waals surface area contributed by atoms with Crippen molar-refractivity contribution < 1.29 is 14.4 Å². The maximum atomic E-state index is 12.1. The van der Waals surface area contributed by atoms with E-state index in [1.807, 2.05) is 13.8 Å². The third-order valence-corrected chi connectivity index (χ3v) is 4.07. The number of anilines is 1. The fourth-order valence-corrected chi connectivity index (χ4v) is 2.26. The van der Waals surface area contributed by atoms with E-state index in [0.717, 1.165) is 5.56 Å². The number of nitrogens with one attached hydrogen (secondary N) is 3. The second kappa shape index (κ2) is 10.2. The first-order chi connectivity index (χ1) is 13.4. The summed E-state index contributed by atoms with van der Waals surface area (Å²) in [5.41, 5.74) is 7.69. The van der Waals surface area contributed by atoms with Gasteiger partial charge in [-0.25, -0.2) is 0 Å². The Morgan fingerprint density at radius 2 is 1.79 bits per heavy atom. The van der Waals surface area contributed by atoms with Crippen LogP contribution >= 0.6 is 0 Å². The average Bonchev–Trinajstić information content (AvgIpc) is 2.71.